The van der Waals surface area contributed by atoms with Crippen LogP contribution in [0.2, 0.25) is 0 Å². The topological polar surface area (TPSA) is 81.4 Å². The van der Waals surface area contributed by atoms with Crippen molar-refractivity contribution in [2.24, 2.45) is 5.73 Å². The number of hydrogen-bond acceptors (Lipinski definition) is 5. The molecular weight excluding hydrogens is 216 g/mol. The number of carbonyl (C=O) groups is 2. The number of nitrogens with two attached hydrogens (primary N) is 1. The summed E-state index contributed by atoms with van der Waals surface area (Å²) < 4.78 is 4.56. The van der Waals surface area contributed by atoms with Crippen LogP contribution in [0.3, 0.4) is 0 Å². The highest BCUT2D eigenvalue weighted by Gasteiger charge is 2.07. The van der Waals surface area contributed by atoms with Gasteiger partial charge < -0.3 is 10.5 Å². The number of hydrogen-bond donors (Lipinski definition) is 2. The number of imide groups is 1. The predicted molar refractivity (Wildman–Crippen MR) is 60.8 cm³/mol. The van der Waals surface area contributed by atoms with Crippen LogP contribution < -0.4 is 11.1 Å². The lowest BCUT2D eigenvalue weighted by molar-refractivity contribution is -0.117. The van der Waals surface area contributed by atoms with Crippen molar-refractivity contribution in [3.05, 3.63) is 0 Å². The molecule has 15 heavy (non-hydrogen) atoms. The van der Waals surface area contributed by atoms with Crippen LogP contribution in [0.4, 0.5) is 4.79 Å². The summed E-state index contributed by atoms with van der Waals surface area (Å²) in [5, 5.41) is 2.12. The third kappa shape index (κ3) is 9.55. The first-order valence-corrected chi connectivity index (χ1v) is 6.01. The number of nitrogens with one attached hydrogen (secondary N) is 1. The molecule has 0 spiro atoms. The van der Waals surface area contributed by atoms with Crippen LogP contribution in [0.1, 0.15) is 20.3 Å². The Balaban J connectivity index is 3.45. The van der Waals surface area contributed by atoms with E-state index in [1.54, 1.807) is 6.92 Å². The lowest BCUT2D eigenvalue weighted by atomic mass is 10.3. The summed E-state index contributed by atoms with van der Waals surface area (Å²) in [6, 6.07) is 0.144. The number of thioether (sulfide) groups is 1. The Hall–Kier alpha value is -0.750. The maximum absolute atomic E-state index is 11.1. The van der Waals surface area contributed by atoms with Crippen molar-refractivity contribution >= 4 is 23.8 Å². The van der Waals surface area contributed by atoms with E-state index in [0.717, 1.165) is 12.2 Å². The van der Waals surface area contributed by atoms with Crippen molar-refractivity contribution in [3.63, 3.8) is 0 Å². The van der Waals surface area contributed by atoms with Crippen molar-refractivity contribution in [1.29, 1.82) is 0 Å². The number of carbonyl (C=O) groups excluding carboxylic acids is 2. The molecule has 3 N–H and O–H groups in total. The van der Waals surface area contributed by atoms with Gasteiger partial charge in [0, 0.05) is 6.04 Å². The van der Waals surface area contributed by atoms with Gasteiger partial charge in [-0.15, -0.1) is 0 Å². The molecule has 88 valence electrons. The van der Waals surface area contributed by atoms with E-state index >= 15 is 0 Å². The van der Waals surface area contributed by atoms with Crippen molar-refractivity contribution in [2.45, 2.75) is 26.3 Å². The van der Waals surface area contributed by atoms with E-state index in [2.05, 4.69) is 10.1 Å². The summed E-state index contributed by atoms with van der Waals surface area (Å²) in [7, 11) is 0. The number of rotatable bonds is 6. The van der Waals surface area contributed by atoms with E-state index in [1.165, 1.54) is 11.8 Å². The number of alkyl carbamates (subject to hydrolysis) is 1. The van der Waals surface area contributed by atoms with Crippen LogP contribution in [0.15, 0.2) is 0 Å². The highest BCUT2D eigenvalue weighted by Crippen LogP contribution is 2.03. The van der Waals surface area contributed by atoms with Crippen LogP contribution in [0.5, 0.6) is 0 Å². The standard InChI is InChI=1S/C9H18N2O3S/c1-3-14-9(13)11-8(12)6-15-5-4-7(2)10/h7H,3-6,10H2,1-2H3,(H,11,12,13). The van der Waals surface area contributed by atoms with E-state index in [0.29, 0.717) is 0 Å². The van der Waals surface area contributed by atoms with Gasteiger partial charge >= 0.3 is 6.09 Å². The van der Waals surface area contributed by atoms with Crippen molar-refractivity contribution < 1.29 is 14.3 Å². The van der Waals surface area contributed by atoms with Gasteiger partial charge in [0.2, 0.25) is 5.91 Å². The average molecular weight is 234 g/mol. The number of amides is 2. The Morgan fingerprint density at radius 2 is 2.20 bits per heavy atom. The van der Waals surface area contributed by atoms with Gasteiger partial charge in [-0.3, -0.25) is 10.1 Å². The van der Waals surface area contributed by atoms with Gasteiger partial charge in [-0.1, -0.05) is 0 Å². The predicted octanol–water partition coefficient (Wildman–Crippen LogP) is 0.730. The van der Waals surface area contributed by atoms with Gasteiger partial charge in [-0.2, -0.15) is 11.8 Å². The molecule has 5 nitrogen and oxygen atoms in total. The fourth-order valence-corrected chi connectivity index (χ4v) is 1.69. The second-order valence-corrected chi connectivity index (χ2v) is 4.19. The molecule has 0 fully saturated rings. The van der Waals surface area contributed by atoms with Crippen LogP contribution in [-0.4, -0.2) is 36.2 Å². The minimum Gasteiger partial charge on any atom is -0.450 e. The minimum absolute atomic E-state index is 0.144. The third-order valence-electron chi connectivity index (χ3n) is 1.47. The molecule has 0 heterocycles. The second-order valence-electron chi connectivity index (χ2n) is 3.09. The average Bonchev–Trinajstić information content (AvgIpc) is 2.12. The molecule has 0 saturated carbocycles. The SMILES string of the molecule is CCOC(=O)NC(=O)CSCCC(C)N. The Bertz CT molecular complexity index is 210. The fourth-order valence-electron chi connectivity index (χ4n) is 0.751. The smallest absolute Gasteiger partial charge is 0.413 e. The maximum atomic E-state index is 11.1. The summed E-state index contributed by atoms with van der Waals surface area (Å²) in [5.41, 5.74) is 5.54. The molecule has 0 aliphatic heterocycles. The van der Waals surface area contributed by atoms with Crippen molar-refractivity contribution in [3.8, 4) is 0 Å². The Morgan fingerprint density at radius 3 is 2.73 bits per heavy atom. The molecule has 6 heteroatoms. The van der Waals surface area contributed by atoms with Gasteiger partial charge in [0.25, 0.3) is 0 Å². The normalized spacial score (nSPS) is 11.9. The van der Waals surface area contributed by atoms with Crippen LogP contribution >= 0.6 is 11.8 Å². The van der Waals surface area contributed by atoms with Crippen molar-refractivity contribution in [1.82, 2.24) is 5.32 Å². The van der Waals surface area contributed by atoms with E-state index in [9.17, 15) is 9.59 Å². The molecular formula is C9H18N2O3S. The first kappa shape index (κ1) is 14.2. The molecule has 0 radical (unpaired) electrons. The highest BCUT2D eigenvalue weighted by molar-refractivity contribution is 7.99. The molecule has 0 rings (SSSR count). The molecule has 0 saturated heterocycles. The second kappa shape index (κ2) is 8.55. The molecule has 2 amide bonds. The molecule has 0 aromatic heterocycles. The molecule has 1 atom stereocenters. The summed E-state index contributed by atoms with van der Waals surface area (Å²) >= 11 is 1.45. The van der Waals surface area contributed by atoms with Crippen LogP contribution in [0, 0.1) is 0 Å². The molecule has 1 unspecified atom stereocenters. The maximum Gasteiger partial charge on any atom is 0.413 e. The van der Waals surface area contributed by atoms with Gasteiger partial charge in [-0.25, -0.2) is 4.79 Å². The Morgan fingerprint density at radius 1 is 1.53 bits per heavy atom. The molecule has 0 aromatic carbocycles. The zero-order valence-corrected chi connectivity index (χ0v) is 9.93. The first-order chi connectivity index (χ1) is 7.06. The monoisotopic (exact) mass is 234 g/mol. The van der Waals surface area contributed by atoms with Gasteiger partial charge in [0.1, 0.15) is 0 Å². The summed E-state index contributed by atoms with van der Waals surface area (Å²) in [6.07, 6.45) is 0.174. The van der Waals surface area contributed by atoms with Crippen molar-refractivity contribution in [2.75, 3.05) is 18.1 Å². The summed E-state index contributed by atoms with van der Waals surface area (Å²) in [6.45, 7) is 3.86. The molecule has 0 aliphatic carbocycles. The highest BCUT2D eigenvalue weighted by atomic mass is 32.2. The van der Waals surface area contributed by atoms with E-state index in [-0.39, 0.29) is 24.3 Å². The summed E-state index contributed by atoms with van der Waals surface area (Å²) in [5.74, 6) is 0.738. The van der Waals surface area contributed by atoms with Crippen LogP contribution in [0.25, 0.3) is 0 Å². The lowest BCUT2D eigenvalue weighted by Crippen LogP contribution is -2.32. The summed E-state index contributed by atoms with van der Waals surface area (Å²) in [4.78, 5) is 21.9. The Labute approximate surface area is 94.1 Å². The first-order valence-electron chi connectivity index (χ1n) is 4.86. The fraction of sp³-hybridized carbons (Fsp3) is 0.778. The largest absolute Gasteiger partial charge is 0.450 e. The van der Waals surface area contributed by atoms with Gasteiger partial charge in [0.05, 0.1) is 12.4 Å². The molecule has 0 aromatic rings. The van der Waals surface area contributed by atoms with E-state index in [4.69, 9.17) is 5.73 Å². The van der Waals surface area contributed by atoms with E-state index < -0.39 is 6.09 Å². The van der Waals surface area contributed by atoms with Gasteiger partial charge in [-0.05, 0) is 26.0 Å². The van der Waals surface area contributed by atoms with Crippen LogP contribution in [-0.2, 0) is 9.53 Å². The quantitative estimate of drug-likeness (QED) is 0.662. The molecule has 0 bridgehead atoms. The number of ether oxygens (including phenoxy) is 1. The van der Waals surface area contributed by atoms with E-state index in [1.807, 2.05) is 6.92 Å². The zero-order chi connectivity index (χ0) is 11.7. The third-order valence-corrected chi connectivity index (χ3v) is 2.46. The Kier molecular flexibility index (Phi) is 8.12. The van der Waals surface area contributed by atoms with Gasteiger partial charge in [0.15, 0.2) is 0 Å². The zero-order valence-electron chi connectivity index (χ0n) is 9.12. The molecule has 0 aliphatic rings. The lowest BCUT2D eigenvalue weighted by Gasteiger charge is -2.05. The minimum atomic E-state index is -0.685.